The minimum absolute atomic E-state index is 0.240. The van der Waals surface area contributed by atoms with Gasteiger partial charge in [-0.05, 0) is 61.5 Å². The van der Waals surface area contributed by atoms with Crippen LogP contribution in [-0.4, -0.2) is 44.1 Å². The van der Waals surface area contributed by atoms with Crippen molar-refractivity contribution in [2.75, 3.05) is 36.9 Å². The van der Waals surface area contributed by atoms with Gasteiger partial charge in [-0.1, -0.05) is 18.2 Å². The van der Waals surface area contributed by atoms with E-state index in [1.807, 2.05) is 32.0 Å². The van der Waals surface area contributed by atoms with Gasteiger partial charge >= 0.3 is 0 Å². The Morgan fingerprint density at radius 2 is 1.81 bits per heavy atom. The zero-order chi connectivity index (χ0) is 19.4. The SMILES string of the molecule is Cc1ccc(C)c(NC(=S)Nc2cccc(S(=O)(=O)N3CCOCC3)c2)c1. The van der Waals surface area contributed by atoms with Gasteiger partial charge in [0.15, 0.2) is 5.11 Å². The Morgan fingerprint density at radius 3 is 2.56 bits per heavy atom. The van der Waals surface area contributed by atoms with Crippen molar-refractivity contribution in [3.05, 3.63) is 53.6 Å². The minimum atomic E-state index is -3.54. The molecule has 8 heteroatoms. The lowest BCUT2D eigenvalue weighted by atomic mass is 10.1. The van der Waals surface area contributed by atoms with Crippen molar-refractivity contribution < 1.29 is 13.2 Å². The largest absolute Gasteiger partial charge is 0.379 e. The summed E-state index contributed by atoms with van der Waals surface area (Å²) in [7, 11) is -3.54. The molecule has 0 aromatic heterocycles. The molecule has 2 N–H and O–H groups in total. The van der Waals surface area contributed by atoms with Gasteiger partial charge in [0.05, 0.1) is 18.1 Å². The van der Waals surface area contributed by atoms with Gasteiger partial charge in [0.25, 0.3) is 0 Å². The van der Waals surface area contributed by atoms with Gasteiger partial charge < -0.3 is 15.4 Å². The van der Waals surface area contributed by atoms with E-state index in [0.717, 1.165) is 16.8 Å². The molecule has 0 bridgehead atoms. The molecule has 2 aromatic rings. The summed E-state index contributed by atoms with van der Waals surface area (Å²) < 4.78 is 32.3. The average Bonchev–Trinajstić information content (AvgIpc) is 2.65. The Balaban J connectivity index is 1.73. The van der Waals surface area contributed by atoms with Crippen molar-refractivity contribution in [1.29, 1.82) is 0 Å². The fourth-order valence-corrected chi connectivity index (χ4v) is 4.51. The molecule has 2 aromatic carbocycles. The third kappa shape index (κ3) is 4.84. The second-order valence-electron chi connectivity index (χ2n) is 6.44. The quantitative estimate of drug-likeness (QED) is 0.762. The summed E-state index contributed by atoms with van der Waals surface area (Å²) in [4.78, 5) is 0.240. The van der Waals surface area contributed by atoms with Crippen LogP contribution in [0.4, 0.5) is 11.4 Å². The molecule has 27 heavy (non-hydrogen) atoms. The minimum Gasteiger partial charge on any atom is -0.379 e. The topological polar surface area (TPSA) is 70.7 Å². The van der Waals surface area contributed by atoms with E-state index < -0.39 is 10.0 Å². The number of hydrogen-bond acceptors (Lipinski definition) is 4. The second kappa shape index (κ2) is 8.35. The lowest BCUT2D eigenvalue weighted by Gasteiger charge is -2.26. The second-order valence-corrected chi connectivity index (χ2v) is 8.79. The van der Waals surface area contributed by atoms with Gasteiger partial charge in [-0.15, -0.1) is 0 Å². The lowest BCUT2D eigenvalue weighted by Crippen LogP contribution is -2.40. The predicted molar refractivity (Wildman–Crippen MR) is 112 cm³/mol. The zero-order valence-corrected chi connectivity index (χ0v) is 17.0. The van der Waals surface area contributed by atoms with E-state index in [0.29, 0.717) is 37.1 Å². The average molecular weight is 406 g/mol. The summed E-state index contributed by atoms with van der Waals surface area (Å²) in [6.45, 7) is 5.59. The van der Waals surface area contributed by atoms with E-state index in [1.165, 1.54) is 4.31 Å². The van der Waals surface area contributed by atoms with Crippen LogP contribution in [0.3, 0.4) is 0 Å². The highest BCUT2D eigenvalue weighted by Crippen LogP contribution is 2.21. The maximum Gasteiger partial charge on any atom is 0.243 e. The van der Waals surface area contributed by atoms with E-state index >= 15 is 0 Å². The highest BCUT2D eigenvalue weighted by atomic mass is 32.2. The Kier molecular flexibility index (Phi) is 6.11. The van der Waals surface area contributed by atoms with Crippen LogP contribution >= 0.6 is 12.2 Å². The third-order valence-corrected chi connectivity index (χ3v) is 6.44. The Bertz CT molecular complexity index is 939. The number of morpholine rings is 1. The van der Waals surface area contributed by atoms with Gasteiger partial charge in [-0.2, -0.15) is 4.31 Å². The molecular weight excluding hydrogens is 382 g/mol. The number of thiocarbonyl (C=S) groups is 1. The smallest absolute Gasteiger partial charge is 0.243 e. The van der Waals surface area contributed by atoms with Crippen LogP contribution in [0.2, 0.25) is 0 Å². The van der Waals surface area contributed by atoms with Gasteiger partial charge in [0, 0.05) is 24.5 Å². The fourth-order valence-electron chi connectivity index (χ4n) is 2.83. The zero-order valence-electron chi connectivity index (χ0n) is 15.4. The van der Waals surface area contributed by atoms with Crippen LogP contribution in [0.5, 0.6) is 0 Å². The van der Waals surface area contributed by atoms with Crippen molar-refractivity contribution >= 4 is 38.7 Å². The number of anilines is 2. The normalized spacial score (nSPS) is 15.3. The molecule has 144 valence electrons. The molecule has 0 amide bonds. The number of benzene rings is 2. The van der Waals surface area contributed by atoms with Crippen LogP contribution in [0, 0.1) is 13.8 Å². The molecule has 0 atom stereocenters. The van der Waals surface area contributed by atoms with Crippen molar-refractivity contribution in [2.45, 2.75) is 18.7 Å². The van der Waals surface area contributed by atoms with Crippen LogP contribution < -0.4 is 10.6 Å². The molecule has 1 fully saturated rings. The first kappa shape index (κ1) is 19.8. The standard InChI is InChI=1S/C19H23N3O3S2/c1-14-6-7-15(2)18(12-14)21-19(26)20-16-4-3-5-17(13-16)27(23,24)22-8-10-25-11-9-22/h3-7,12-13H,8-11H2,1-2H3,(H2,20,21,26). The molecule has 0 radical (unpaired) electrons. The predicted octanol–water partition coefficient (Wildman–Crippen LogP) is 3.13. The van der Waals surface area contributed by atoms with E-state index in [9.17, 15) is 8.42 Å². The Morgan fingerprint density at radius 1 is 1.07 bits per heavy atom. The van der Waals surface area contributed by atoms with Gasteiger partial charge in [-0.3, -0.25) is 0 Å². The van der Waals surface area contributed by atoms with E-state index in [2.05, 4.69) is 10.6 Å². The molecule has 1 saturated heterocycles. The summed E-state index contributed by atoms with van der Waals surface area (Å²) >= 11 is 5.38. The maximum atomic E-state index is 12.8. The van der Waals surface area contributed by atoms with Crippen molar-refractivity contribution in [3.63, 3.8) is 0 Å². The molecule has 1 heterocycles. The third-order valence-electron chi connectivity index (χ3n) is 4.34. The van der Waals surface area contributed by atoms with Crippen LogP contribution in [0.15, 0.2) is 47.4 Å². The molecule has 1 aliphatic heterocycles. The maximum absolute atomic E-state index is 12.8. The number of hydrogen-bond donors (Lipinski definition) is 2. The number of nitrogens with one attached hydrogen (secondary N) is 2. The van der Waals surface area contributed by atoms with Crippen LogP contribution in [-0.2, 0) is 14.8 Å². The first-order valence-electron chi connectivity index (χ1n) is 8.69. The van der Waals surface area contributed by atoms with E-state index in [4.69, 9.17) is 17.0 Å². The van der Waals surface area contributed by atoms with Crippen molar-refractivity contribution in [1.82, 2.24) is 4.31 Å². The molecular formula is C19H23N3O3S2. The molecule has 0 saturated carbocycles. The molecule has 3 rings (SSSR count). The highest BCUT2D eigenvalue weighted by Gasteiger charge is 2.26. The molecule has 0 spiro atoms. The molecule has 1 aliphatic rings. The van der Waals surface area contributed by atoms with Crippen molar-refractivity contribution in [2.24, 2.45) is 0 Å². The van der Waals surface area contributed by atoms with Gasteiger partial charge in [0.1, 0.15) is 0 Å². The summed E-state index contributed by atoms with van der Waals surface area (Å²) in [5.74, 6) is 0. The summed E-state index contributed by atoms with van der Waals surface area (Å²) in [5.41, 5.74) is 3.75. The highest BCUT2D eigenvalue weighted by molar-refractivity contribution is 7.89. The molecule has 0 aliphatic carbocycles. The first-order valence-corrected chi connectivity index (χ1v) is 10.5. The van der Waals surface area contributed by atoms with Gasteiger partial charge in [0.2, 0.25) is 10.0 Å². The van der Waals surface area contributed by atoms with Gasteiger partial charge in [-0.25, -0.2) is 8.42 Å². The van der Waals surface area contributed by atoms with Crippen LogP contribution in [0.1, 0.15) is 11.1 Å². The monoisotopic (exact) mass is 405 g/mol. The lowest BCUT2D eigenvalue weighted by molar-refractivity contribution is 0.0730. The van der Waals surface area contributed by atoms with Crippen molar-refractivity contribution in [3.8, 4) is 0 Å². The van der Waals surface area contributed by atoms with E-state index in [-0.39, 0.29) is 4.90 Å². The Hall–Kier alpha value is -2.00. The molecule has 6 nitrogen and oxygen atoms in total. The summed E-state index contributed by atoms with van der Waals surface area (Å²) in [6, 6.07) is 12.8. The number of sulfonamides is 1. The van der Waals surface area contributed by atoms with E-state index in [1.54, 1.807) is 24.3 Å². The summed E-state index contributed by atoms with van der Waals surface area (Å²) in [5, 5.41) is 6.64. The summed E-state index contributed by atoms with van der Waals surface area (Å²) in [6.07, 6.45) is 0. The Labute approximate surface area is 165 Å². The number of rotatable bonds is 4. The van der Waals surface area contributed by atoms with Crippen LogP contribution in [0.25, 0.3) is 0 Å². The number of aryl methyl sites for hydroxylation is 2. The fraction of sp³-hybridized carbons (Fsp3) is 0.316. The first-order chi connectivity index (χ1) is 12.9. The number of ether oxygens (including phenoxy) is 1. The number of nitrogens with zero attached hydrogens (tertiary/aromatic N) is 1. The molecule has 0 unspecified atom stereocenters.